The van der Waals surface area contributed by atoms with E-state index in [1.807, 2.05) is 48.5 Å². The van der Waals surface area contributed by atoms with Crippen molar-refractivity contribution in [2.45, 2.75) is 38.0 Å². The van der Waals surface area contributed by atoms with Gasteiger partial charge in [-0.15, -0.1) is 11.8 Å². The first-order chi connectivity index (χ1) is 19.2. The van der Waals surface area contributed by atoms with Crippen LogP contribution in [0, 0.1) is 0 Å². The topological polar surface area (TPSA) is 89.6 Å². The molecule has 0 fully saturated rings. The number of hydrogen-bond donors (Lipinski definition) is 1. The summed E-state index contributed by atoms with van der Waals surface area (Å²) < 4.78 is 12.5. The Morgan fingerprint density at radius 2 is 1.90 bits per heavy atom. The fraction of sp³-hybridized carbons (Fsp3) is 0.300. The zero-order valence-electron chi connectivity index (χ0n) is 22.8. The molecule has 3 heterocycles. The van der Waals surface area contributed by atoms with Gasteiger partial charge in [0.25, 0.3) is 0 Å². The fourth-order valence-electron chi connectivity index (χ4n) is 4.71. The summed E-state index contributed by atoms with van der Waals surface area (Å²) in [5, 5.41) is 8.30. The van der Waals surface area contributed by atoms with Gasteiger partial charge in [-0.05, 0) is 48.0 Å². The molecule has 0 bridgehead atoms. The highest BCUT2D eigenvalue weighted by Gasteiger charge is 2.40. The maximum Gasteiger partial charge on any atom is 0.240 e. The summed E-state index contributed by atoms with van der Waals surface area (Å²) in [6.07, 6.45) is 1.56. The number of fused-ring (bicyclic) bond motifs is 1. The van der Waals surface area contributed by atoms with Crippen LogP contribution in [0.1, 0.15) is 48.6 Å². The Balaban J connectivity index is 1.68. The predicted molar refractivity (Wildman–Crippen MR) is 157 cm³/mol. The molecule has 2 aromatic carbocycles. The molecule has 5 rings (SSSR count). The average Bonchev–Trinajstić information content (AvgIpc) is 3.57. The number of nitrogens with zero attached hydrogens (tertiary/aromatic N) is 3. The summed E-state index contributed by atoms with van der Waals surface area (Å²) >= 11 is 8.22. The Labute approximate surface area is 242 Å². The smallest absolute Gasteiger partial charge is 0.240 e. The molecule has 2 aromatic heterocycles. The van der Waals surface area contributed by atoms with E-state index in [-0.39, 0.29) is 41.3 Å². The number of thioether (sulfide) groups is 1. The van der Waals surface area contributed by atoms with Gasteiger partial charge >= 0.3 is 0 Å². The fourth-order valence-corrected chi connectivity index (χ4v) is 6.25. The molecule has 208 valence electrons. The summed E-state index contributed by atoms with van der Waals surface area (Å²) in [6.45, 7) is 6.33. The maximum atomic E-state index is 13.8. The number of carbonyl (C=O) groups excluding carboxylic acids is 2. The van der Waals surface area contributed by atoms with Gasteiger partial charge in [-0.3, -0.25) is 14.5 Å². The SMILES string of the molecule is COc1ccc(-n2nc(C(C)(C)C)c3c2N(CC(=O)NCc2ccco2)C(=O)CSC3c2ccccc2Cl)cc1. The molecule has 8 nitrogen and oxygen atoms in total. The molecule has 1 unspecified atom stereocenters. The van der Waals surface area contributed by atoms with Crippen molar-refractivity contribution < 1.29 is 18.7 Å². The van der Waals surface area contributed by atoms with Crippen LogP contribution in [0.5, 0.6) is 5.75 Å². The number of hydrogen-bond acceptors (Lipinski definition) is 6. The van der Waals surface area contributed by atoms with Gasteiger partial charge in [-0.2, -0.15) is 5.10 Å². The molecule has 0 aliphatic carbocycles. The summed E-state index contributed by atoms with van der Waals surface area (Å²) in [5.41, 5.74) is 2.96. The van der Waals surface area contributed by atoms with E-state index in [1.165, 1.54) is 11.8 Å². The molecular formula is C30H31ClN4O4S. The molecule has 4 aromatic rings. The van der Waals surface area contributed by atoms with E-state index in [4.69, 9.17) is 25.9 Å². The molecule has 0 saturated heterocycles. The van der Waals surface area contributed by atoms with E-state index < -0.39 is 0 Å². The lowest BCUT2D eigenvalue weighted by atomic mass is 9.87. The highest BCUT2D eigenvalue weighted by Crippen LogP contribution is 2.49. The number of benzene rings is 2. The quantitative estimate of drug-likeness (QED) is 0.293. The number of anilines is 1. The van der Waals surface area contributed by atoms with Crippen molar-refractivity contribution >= 4 is 41.0 Å². The minimum atomic E-state index is -0.373. The van der Waals surface area contributed by atoms with Crippen LogP contribution >= 0.6 is 23.4 Å². The molecule has 1 N–H and O–H groups in total. The van der Waals surface area contributed by atoms with E-state index in [1.54, 1.807) is 35.1 Å². The number of nitrogens with one attached hydrogen (secondary N) is 1. The minimum Gasteiger partial charge on any atom is -0.497 e. The standard InChI is InChI=1S/C30H31ClN4O4S/c1-30(2,3)28-26-27(22-9-5-6-10-23(22)31)40-18-25(37)34(17-24(36)32-16-21-8-7-15-39-21)29(26)35(33-28)19-11-13-20(38-4)14-12-19/h5-15,27H,16-18H2,1-4H3,(H,32,36). The lowest BCUT2D eigenvalue weighted by molar-refractivity contribution is -0.123. The van der Waals surface area contributed by atoms with Crippen LogP contribution in [0.2, 0.25) is 5.02 Å². The van der Waals surface area contributed by atoms with E-state index in [0.717, 1.165) is 22.5 Å². The number of furan rings is 1. The zero-order chi connectivity index (χ0) is 28.4. The van der Waals surface area contributed by atoms with Crippen LogP contribution in [-0.4, -0.2) is 41.0 Å². The van der Waals surface area contributed by atoms with Crippen LogP contribution in [-0.2, 0) is 21.5 Å². The van der Waals surface area contributed by atoms with E-state index in [0.29, 0.717) is 22.4 Å². The monoisotopic (exact) mass is 578 g/mol. The van der Waals surface area contributed by atoms with E-state index in [2.05, 4.69) is 26.1 Å². The Kier molecular flexibility index (Phi) is 7.96. The average molecular weight is 579 g/mol. The van der Waals surface area contributed by atoms with Crippen molar-refractivity contribution in [3.8, 4) is 11.4 Å². The number of rotatable bonds is 7. The maximum absolute atomic E-state index is 13.8. The van der Waals surface area contributed by atoms with Crippen LogP contribution in [0.4, 0.5) is 5.82 Å². The Morgan fingerprint density at radius 3 is 2.55 bits per heavy atom. The molecule has 1 aliphatic heterocycles. The summed E-state index contributed by atoms with van der Waals surface area (Å²) in [4.78, 5) is 28.5. The highest BCUT2D eigenvalue weighted by atomic mass is 35.5. The number of ether oxygens (including phenoxy) is 1. The number of methoxy groups -OCH3 is 1. The first-order valence-corrected chi connectivity index (χ1v) is 14.3. The van der Waals surface area contributed by atoms with Crippen LogP contribution < -0.4 is 15.0 Å². The van der Waals surface area contributed by atoms with Gasteiger partial charge in [0, 0.05) is 16.0 Å². The number of amides is 2. The van der Waals surface area contributed by atoms with E-state index >= 15 is 0 Å². The minimum absolute atomic E-state index is 0.169. The second-order valence-electron chi connectivity index (χ2n) is 10.5. The van der Waals surface area contributed by atoms with Gasteiger partial charge in [-0.1, -0.05) is 50.6 Å². The lowest BCUT2D eigenvalue weighted by Gasteiger charge is -2.25. The van der Waals surface area contributed by atoms with Crippen molar-refractivity contribution in [3.05, 3.63) is 94.5 Å². The number of carbonyl (C=O) groups is 2. The second-order valence-corrected chi connectivity index (χ2v) is 12.0. The Bertz CT molecular complexity index is 1510. The van der Waals surface area contributed by atoms with Crippen LogP contribution in [0.3, 0.4) is 0 Å². The zero-order valence-corrected chi connectivity index (χ0v) is 24.4. The van der Waals surface area contributed by atoms with Crippen molar-refractivity contribution in [2.24, 2.45) is 0 Å². The number of halogens is 1. The first-order valence-electron chi connectivity index (χ1n) is 12.9. The molecule has 2 amide bonds. The molecule has 40 heavy (non-hydrogen) atoms. The summed E-state index contributed by atoms with van der Waals surface area (Å²) in [6, 6.07) is 18.7. The Morgan fingerprint density at radius 1 is 1.15 bits per heavy atom. The van der Waals surface area contributed by atoms with Gasteiger partial charge in [0.15, 0.2) is 0 Å². The first kappa shape index (κ1) is 27.9. The highest BCUT2D eigenvalue weighted by molar-refractivity contribution is 8.00. The van der Waals surface area contributed by atoms with Gasteiger partial charge in [0.05, 0.1) is 42.3 Å². The van der Waals surface area contributed by atoms with Crippen molar-refractivity contribution in [1.82, 2.24) is 15.1 Å². The lowest BCUT2D eigenvalue weighted by Crippen LogP contribution is -2.42. The third-order valence-electron chi connectivity index (χ3n) is 6.65. The van der Waals surface area contributed by atoms with Gasteiger partial charge < -0.3 is 14.5 Å². The molecule has 10 heteroatoms. The van der Waals surface area contributed by atoms with Gasteiger partial charge in [-0.25, -0.2) is 4.68 Å². The normalized spacial score (nSPS) is 15.5. The molecule has 0 spiro atoms. The molecule has 0 saturated carbocycles. The van der Waals surface area contributed by atoms with Gasteiger partial charge in [0.2, 0.25) is 11.8 Å². The van der Waals surface area contributed by atoms with E-state index in [9.17, 15) is 9.59 Å². The van der Waals surface area contributed by atoms with Crippen LogP contribution in [0.25, 0.3) is 5.69 Å². The number of aromatic nitrogens is 2. The van der Waals surface area contributed by atoms with Crippen LogP contribution in [0.15, 0.2) is 71.3 Å². The third-order valence-corrected chi connectivity index (χ3v) is 8.23. The largest absolute Gasteiger partial charge is 0.497 e. The second kappa shape index (κ2) is 11.4. The van der Waals surface area contributed by atoms with Crippen molar-refractivity contribution in [3.63, 3.8) is 0 Å². The Hall–Kier alpha value is -3.69. The van der Waals surface area contributed by atoms with Gasteiger partial charge in [0.1, 0.15) is 23.9 Å². The molecule has 1 atom stereocenters. The summed E-state index contributed by atoms with van der Waals surface area (Å²) in [7, 11) is 1.61. The summed E-state index contributed by atoms with van der Waals surface area (Å²) in [5.74, 6) is 1.56. The predicted octanol–water partition coefficient (Wildman–Crippen LogP) is 5.91. The van der Waals surface area contributed by atoms with Crippen molar-refractivity contribution in [1.29, 1.82) is 0 Å². The molecular weight excluding hydrogens is 548 g/mol. The molecule has 0 radical (unpaired) electrons. The van der Waals surface area contributed by atoms with Crippen molar-refractivity contribution in [2.75, 3.05) is 24.3 Å². The third kappa shape index (κ3) is 5.62. The molecule has 1 aliphatic rings.